The molecule has 4 N–H and O–H groups in total. The van der Waals surface area contributed by atoms with Crippen molar-refractivity contribution in [2.45, 2.75) is 38.8 Å². The van der Waals surface area contributed by atoms with E-state index < -0.39 is 15.6 Å². The molecule has 6 nitrogen and oxygen atoms in total. The van der Waals surface area contributed by atoms with E-state index in [2.05, 4.69) is 19.9 Å². The van der Waals surface area contributed by atoms with Crippen molar-refractivity contribution in [3.05, 3.63) is 97.6 Å². The van der Waals surface area contributed by atoms with Crippen LogP contribution >= 0.6 is 15.6 Å². The number of aromatic nitrogens is 4. The van der Waals surface area contributed by atoms with Crippen molar-refractivity contribution in [1.29, 1.82) is 0 Å². The molecule has 0 fully saturated rings. The first-order chi connectivity index (χ1) is 20.1. The smallest absolute Gasteiger partial charge is 0.255 e. The molecule has 268 valence electrons. The van der Waals surface area contributed by atoms with Gasteiger partial charge in [-0.25, -0.2) is 0 Å². The molecule has 4 aromatic heterocycles. The van der Waals surface area contributed by atoms with E-state index in [1.54, 1.807) is 24.8 Å². The van der Waals surface area contributed by atoms with Crippen LogP contribution in [0.25, 0.3) is 22.8 Å². The van der Waals surface area contributed by atoms with E-state index in [0.717, 1.165) is 22.8 Å². The fourth-order valence-electron chi connectivity index (χ4n) is 2.06. The molecule has 0 unspecified atom stereocenters. The van der Waals surface area contributed by atoms with Crippen LogP contribution in [0.3, 0.4) is 0 Å². The summed E-state index contributed by atoms with van der Waals surface area (Å²) in [4.78, 5) is 16.7. The van der Waals surface area contributed by atoms with Gasteiger partial charge in [-0.05, 0) is 76.2 Å². The summed E-state index contributed by atoms with van der Waals surface area (Å²) in [5.41, 5.74) is 14.5. The number of nitrogens with two attached hydrogens (primary N) is 2. The average Bonchev–Trinajstić information content (AvgIpc) is 2.87. The van der Waals surface area contributed by atoms with Gasteiger partial charge in [-0.15, -0.1) is 0 Å². The molecule has 4 heterocycles. The van der Waals surface area contributed by atoms with E-state index in [4.69, 9.17) is 11.5 Å². The van der Waals surface area contributed by atoms with Crippen LogP contribution in [0, 0.1) is 0 Å². The van der Waals surface area contributed by atoms with Crippen molar-refractivity contribution in [1.82, 2.24) is 19.9 Å². The topological polar surface area (TPSA) is 104 Å². The molecule has 0 amide bonds. The Hall–Kier alpha value is -2.84. The van der Waals surface area contributed by atoms with Gasteiger partial charge < -0.3 is 11.5 Å². The second-order valence-electron chi connectivity index (χ2n) is 10.2. The Kier molecular flexibility index (Phi) is 14.9. The zero-order valence-corrected chi connectivity index (χ0v) is 28.5. The molecular weight excluding hydrogens is 787 g/mol. The third kappa shape index (κ3) is 34.3. The van der Waals surface area contributed by atoms with Gasteiger partial charge in [0.15, 0.2) is 0 Å². The number of hydrogen-bond acceptors (Lipinski definition) is 6. The third-order valence-corrected chi connectivity index (χ3v) is 4.85. The number of hydrogen-bond donors (Lipinski definition) is 2. The van der Waals surface area contributed by atoms with Gasteiger partial charge in [-0.1, -0.05) is 24.3 Å². The van der Waals surface area contributed by atoms with Gasteiger partial charge >= 0.3 is 85.5 Å². The second-order valence-corrected chi connectivity index (χ2v) is 14.1. The molecule has 4 rings (SSSR count). The first-order valence-corrected chi connectivity index (χ1v) is 16.5. The van der Waals surface area contributed by atoms with Crippen LogP contribution in [0.2, 0.25) is 0 Å². The molecule has 47 heavy (non-hydrogen) atoms. The quantitative estimate of drug-likeness (QED) is 0.121. The molecule has 0 aliphatic carbocycles. The molecule has 0 bridgehead atoms. The van der Waals surface area contributed by atoms with Crippen LogP contribution in [-0.2, 0) is 19.5 Å². The van der Waals surface area contributed by atoms with Gasteiger partial charge in [0.2, 0.25) is 0 Å². The summed E-state index contributed by atoms with van der Waals surface area (Å²) in [6.07, 6.45) is 7.07. The van der Waals surface area contributed by atoms with Crippen LogP contribution in [0.1, 0.15) is 27.7 Å². The molecular formula is C26H32F12N6P2Ru. The fraction of sp³-hybridized carbons (Fsp3) is 0.231. The molecule has 0 radical (unpaired) electrons. The number of rotatable bonds is 3. The average molecular weight is 820 g/mol. The normalized spacial score (nSPS) is 14.3. The van der Waals surface area contributed by atoms with Crippen LogP contribution in [-0.4, -0.2) is 31.0 Å². The van der Waals surface area contributed by atoms with Gasteiger partial charge in [0, 0.05) is 35.9 Å². The Morgan fingerprint density at radius 3 is 0.638 bits per heavy atom. The first kappa shape index (κ1) is 46.3. The van der Waals surface area contributed by atoms with Gasteiger partial charge in [0.05, 0.1) is 22.8 Å². The van der Waals surface area contributed by atoms with Gasteiger partial charge in [0.25, 0.3) is 0 Å². The predicted molar refractivity (Wildman–Crippen MR) is 159 cm³/mol. The van der Waals surface area contributed by atoms with Gasteiger partial charge in [-0.2, -0.15) is 0 Å². The zero-order chi connectivity index (χ0) is 36.3. The van der Waals surface area contributed by atoms with Crippen LogP contribution < -0.4 is 11.5 Å². The largest absolute Gasteiger partial charge is 2.00 e. The second kappa shape index (κ2) is 15.2. The Balaban J connectivity index is 0. The Bertz CT molecular complexity index is 1240. The van der Waals surface area contributed by atoms with E-state index in [-0.39, 0.29) is 30.6 Å². The summed E-state index contributed by atoms with van der Waals surface area (Å²) in [5, 5.41) is 0. The van der Waals surface area contributed by atoms with Crippen LogP contribution in [0.4, 0.5) is 50.4 Å². The third-order valence-electron chi connectivity index (χ3n) is 4.85. The molecule has 0 spiro atoms. The molecule has 4 aromatic rings. The van der Waals surface area contributed by atoms with Crippen molar-refractivity contribution in [2.24, 2.45) is 11.5 Å². The molecule has 21 heteroatoms. The zero-order valence-electron chi connectivity index (χ0n) is 25.0. The summed E-state index contributed by atoms with van der Waals surface area (Å²) >= 11 is 0. The van der Waals surface area contributed by atoms with E-state index in [1.807, 2.05) is 100 Å². The Morgan fingerprint density at radius 1 is 0.404 bits per heavy atom. The van der Waals surface area contributed by atoms with Crippen molar-refractivity contribution < 1.29 is 69.8 Å². The summed E-state index contributed by atoms with van der Waals surface area (Å²) in [6, 6.07) is 23.2. The van der Waals surface area contributed by atoms with Gasteiger partial charge in [-0.3, -0.25) is 19.9 Å². The van der Waals surface area contributed by atoms with E-state index in [9.17, 15) is 50.4 Å². The summed E-state index contributed by atoms with van der Waals surface area (Å²) in [7, 11) is -21.3. The summed E-state index contributed by atoms with van der Waals surface area (Å²) in [6.45, 7) is 7.69. The molecule has 0 saturated carbocycles. The van der Waals surface area contributed by atoms with Crippen molar-refractivity contribution >= 4 is 15.6 Å². The van der Waals surface area contributed by atoms with Crippen molar-refractivity contribution in [3.63, 3.8) is 0 Å². The predicted octanol–water partition coefficient (Wildman–Crippen LogP) is 11.5. The van der Waals surface area contributed by atoms with Crippen LogP contribution in [0.15, 0.2) is 97.6 Å². The number of halogens is 12. The first-order valence-electron chi connectivity index (χ1n) is 12.4. The number of pyridine rings is 4. The van der Waals surface area contributed by atoms with Crippen LogP contribution in [0.5, 0.6) is 0 Å². The SMILES string of the molecule is CC(C)(N)C(C)(C)N.F[P-](F)(F)(F)(F)F.F[P-](F)(F)(F)(F)F.[Ru+2].c1ccc(-c2ccccn2)nc1.c1ccc(-c2ccccn2)nc1. The summed E-state index contributed by atoms with van der Waals surface area (Å²) < 4.78 is 118. The maximum atomic E-state index is 9.87. The van der Waals surface area contributed by atoms with E-state index in [1.165, 1.54) is 0 Å². The fourth-order valence-corrected chi connectivity index (χ4v) is 2.06. The van der Waals surface area contributed by atoms with Crippen molar-refractivity contribution in [2.75, 3.05) is 0 Å². The standard InChI is InChI=1S/2C10H8N2.C6H16N2.2F6P.Ru/c2*1-3-7-11-9(5-1)10-6-2-4-8-12-10;1-5(2,7)6(3,4)8;2*1-7(2,3,4,5)6;/h2*1-8H;7-8H2,1-4H3;;;/q;;;2*-1;+2. The maximum Gasteiger partial charge on any atom is 2.00 e. The van der Waals surface area contributed by atoms with Crippen molar-refractivity contribution in [3.8, 4) is 22.8 Å². The molecule has 0 aliphatic heterocycles. The van der Waals surface area contributed by atoms with Gasteiger partial charge in [0.1, 0.15) is 0 Å². The minimum absolute atomic E-state index is 0. The maximum absolute atomic E-state index is 10.7. The number of nitrogens with zero attached hydrogens (tertiary/aromatic N) is 4. The Labute approximate surface area is 275 Å². The van der Waals surface area contributed by atoms with E-state index >= 15 is 0 Å². The Morgan fingerprint density at radius 2 is 0.553 bits per heavy atom. The summed E-state index contributed by atoms with van der Waals surface area (Å²) in [5.74, 6) is 0. The molecule has 0 atom stereocenters. The molecule has 0 aliphatic rings. The minimum Gasteiger partial charge on any atom is -0.255 e. The molecule has 0 saturated heterocycles. The molecule has 0 aromatic carbocycles. The monoisotopic (exact) mass is 820 g/mol. The minimum atomic E-state index is -10.7. The van der Waals surface area contributed by atoms with E-state index in [0.29, 0.717) is 0 Å².